The molecule has 1 aromatic heterocycles. The smallest absolute Gasteiger partial charge is 0.255 e. The first kappa shape index (κ1) is 24.5. The summed E-state index contributed by atoms with van der Waals surface area (Å²) in [6.07, 6.45) is 0. The molecule has 1 amide bonds. The molecule has 4 aromatic rings. The molecule has 5 rings (SSSR count). The van der Waals surface area contributed by atoms with Crippen LogP contribution in [-0.2, 0) is 4.79 Å². The molecule has 0 fully saturated rings. The zero-order valence-electron chi connectivity index (χ0n) is 20.9. The van der Waals surface area contributed by atoms with Crippen LogP contribution in [0.1, 0.15) is 40.0 Å². The van der Waals surface area contributed by atoms with Gasteiger partial charge in [-0.25, -0.2) is 4.68 Å². The highest BCUT2D eigenvalue weighted by Crippen LogP contribution is 2.38. The van der Waals surface area contributed by atoms with Gasteiger partial charge in [0, 0.05) is 16.9 Å². The summed E-state index contributed by atoms with van der Waals surface area (Å²) < 4.78 is 1.74. The molecule has 0 spiro atoms. The molecule has 1 atom stereocenters. The maximum absolute atomic E-state index is 13.6. The minimum atomic E-state index is -0.476. The summed E-state index contributed by atoms with van der Waals surface area (Å²) in [6.45, 7) is 5.88. The molecule has 0 unspecified atom stereocenters. The van der Waals surface area contributed by atoms with Crippen molar-refractivity contribution in [3.8, 4) is 0 Å². The van der Waals surface area contributed by atoms with Gasteiger partial charge < -0.3 is 10.6 Å². The number of anilines is 2. The van der Waals surface area contributed by atoms with Gasteiger partial charge in [0.2, 0.25) is 11.1 Å². The molecule has 37 heavy (non-hydrogen) atoms. The first-order chi connectivity index (χ1) is 17.9. The van der Waals surface area contributed by atoms with Gasteiger partial charge in [-0.05, 0) is 44.0 Å². The zero-order valence-corrected chi connectivity index (χ0v) is 21.7. The molecular formula is C29H27N5O2S. The molecule has 1 aliphatic rings. The highest BCUT2D eigenvalue weighted by molar-refractivity contribution is 7.99. The molecule has 1 aliphatic heterocycles. The molecule has 0 aliphatic carbocycles. The van der Waals surface area contributed by atoms with Crippen molar-refractivity contribution in [3.05, 3.63) is 112 Å². The average molecular weight is 510 g/mol. The normalized spacial score (nSPS) is 14.6. The van der Waals surface area contributed by atoms with Crippen molar-refractivity contribution in [1.29, 1.82) is 0 Å². The number of hydrogen-bond acceptors (Lipinski definition) is 6. The van der Waals surface area contributed by atoms with Gasteiger partial charge in [0.15, 0.2) is 5.78 Å². The van der Waals surface area contributed by atoms with E-state index in [1.807, 2.05) is 99.6 Å². The van der Waals surface area contributed by atoms with Crippen molar-refractivity contribution < 1.29 is 9.59 Å². The Kier molecular flexibility index (Phi) is 6.92. The van der Waals surface area contributed by atoms with Gasteiger partial charge >= 0.3 is 0 Å². The number of ketones is 1. The van der Waals surface area contributed by atoms with Crippen LogP contribution < -0.4 is 10.6 Å². The maximum atomic E-state index is 13.6. The number of nitrogens with one attached hydrogen (secondary N) is 2. The quantitative estimate of drug-likeness (QED) is 0.242. The fraction of sp³-hybridized carbons (Fsp3) is 0.172. The second-order valence-electron chi connectivity index (χ2n) is 8.98. The molecule has 0 bridgehead atoms. The summed E-state index contributed by atoms with van der Waals surface area (Å²) >= 11 is 1.28. The standard InChI is InChI=1S/C29H27N5O2S/c1-18-13-15-21(16-14-18)24(35)17-37-29-32-28-30-20(3)25(27(36)31-22-10-5-4-6-11-22)26(34(28)33-29)23-12-8-7-9-19(23)2/h4-16,26H,17H2,1-3H3,(H,31,36)(H,30,32,33)/t26-/m1/s1. The minimum Gasteiger partial charge on any atom is -0.328 e. The number of carbonyl (C=O) groups is 2. The second kappa shape index (κ2) is 10.4. The van der Waals surface area contributed by atoms with E-state index in [4.69, 9.17) is 5.10 Å². The third kappa shape index (κ3) is 5.20. The van der Waals surface area contributed by atoms with Gasteiger partial charge in [-0.2, -0.15) is 4.98 Å². The summed E-state index contributed by atoms with van der Waals surface area (Å²) in [6, 6.07) is 24.4. The lowest BCUT2D eigenvalue weighted by atomic mass is 9.92. The molecule has 0 saturated carbocycles. The summed E-state index contributed by atoms with van der Waals surface area (Å²) in [7, 11) is 0. The van der Waals surface area contributed by atoms with E-state index < -0.39 is 6.04 Å². The van der Waals surface area contributed by atoms with Crippen molar-refractivity contribution in [3.63, 3.8) is 0 Å². The first-order valence-electron chi connectivity index (χ1n) is 12.0. The molecular weight excluding hydrogens is 482 g/mol. The van der Waals surface area contributed by atoms with E-state index in [0.29, 0.717) is 33.6 Å². The van der Waals surface area contributed by atoms with Crippen LogP contribution in [0.4, 0.5) is 11.6 Å². The Morgan fingerprint density at radius 2 is 1.65 bits per heavy atom. The number of aryl methyl sites for hydroxylation is 2. The number of aromatic nitrogens is 3. The lowest BCUT2D eigenvalue weighted by molar-refractivity contribution is -0.113. The van der Waals surface area contributed by atoms with Crippen molar-refractivity contribution in [2.75, 3.05) is 16.4 Å². The first-order valence-corrected chi connectivity index (χ1v) is 13.0. The third-order valence-electron chi connectivity index (χ3n) is 6.30. The topological polar surface area (TPSA) is 88.9 Å². The molecule has 186 valence electrons. The van der Waals surface area contributed by atoms with E-state index in [2.05, 4.69) is 15.6 Å². The average Bonchev–Trinajstić information content (AvgIpc) is 3.30. The lowest BCUT2D eigenvalue weighted by Crippen LogP contribution is -2.31. The number of benzene rings is 3. The largest absolute Gasteiger partial charge is 0.328 e. The Balaban J connectivity index is 1.46. The Morgan fingerprint density at radius 3 is 2.38 bits per heavy atom. The number of para-hydroxylation sites is 1. The molecule has 8 heteroatoms. The molecule has 0 radical (unpaired) electrons. The Hall–Kier alpha value is -4.17. The van der Waals surface area contributed by atoms with Crippen LogP contribution in [0.2, 0.25) is 0 Å². The number of amides is 1. The van der Waals surface area contributed by atoms with Gasteiger partial charge in [0.1, 0.15) is 6.04 Å². The monoisotopic (exact) mass is 509 g/mol. The summed E-state index contributed by atoms with van der Waals surface area (Å²) in [4.78, 5) is 30.9. The van der Waals surface area contributed by atoms with Gasteiger partial charge in [0.25, 0.3) is 5.91 Å². The Bertz CT molecular complexity index is 1490. The molecule has 2 heterocycles. The number of nitrogens with zero attached hydrogens (tertiary/aromatic N) is 3. The Morgan fingerprint density at radius 1 is 0.946 bits per heavy atom. The van der Waals surface area contributed by atoms with Gasteiger partial charge in [-0.1, -0.05) is 84.1 Å². The van der Waals surface area contributed by atoms with Crippen molar-refractivity contribution in [1.82, 2.24) is 14.8 Å². The van der Waals surface area contributed by atoms with Crippen LogP contribution in [-0.4, -0.2) is 32.2 Å². The van der Waals surface area contributed by atoms with E-state index in [1.165, 1.54) is 11.8 Å². The number of fused-ring (bicyclic) bond motifs is 1. The maximum Gasteiger partial charge on any atom is 0.255 e. The molecule has 7 nitrogen and oxygen atoms in total. The fourth-order valence-electron chi connectivity index (χ4n) is 4.34. The van der Waals surface area contributed by atoms with Crippen LogP contribution in [0.3, 0.4) is 0 Å². The van der Waals surface area contributed by atoms with Crippen molar-refractivity contribution >= 4 is 35.1 Å². The molecule has 0 saturated heterocycles. The van der Waals surface area contributed by atoms with Gasteiger partial charge in [-0.15, -0.1) is 5.10 Å². The van der Waals surface area contributed by atoms with Crippen LogP contribution >= 0.6 is 11.8 Å². The van der Waals surface area contributed by atoms with Gasteiger partial charge in [0.05, 0.1) is 11.3 Å². The van der Waals surface area contributed by atoms with E-state index in [1.54, 1.807) is 4.68 Å². The number of Topliss-reactive ketones (excluding diaryl/α,β-unsaturated/α-hetero) is 1. The highest BCUT2D eigenvalue weighted by atomic mass is 32.2. The number of allylic oxidation sites excluding steroid dienone is 1. The number of hydrogen-bond donors (Lipinski definition) is 2. The van der Waals surface area contributed by atoms with E-state index in [9.17, 15) is 9.59 Å². The minimum absolute atomic E-state index is 0.0124. The summed E-state index contributed by atoms with van der Waals surface area (Å²) in [5.74, 6) is 0.551. The number of thioether (sulfide) groups is 1. The van der Waals surface area contributed by atoms with E-state index in [0.717, 1.165) is 16.7 Å². The molecule has 3 aromatic carbocycles. The number of carbonyl (C=O) groups excluding carboxylic acids is 2. The van der Waals surface area contributed by atoms with Crippen LogP contribution in [0.15, 0.2) is 95.3 Å². The number of rotatable bonds is 7. The Labute approximate surface area is 220 Å². The second-order valence-corrected chi connectivity index (χ2v) is 9.93. The van der Waals surface area contributed by atoms with E-state index in [-0.39, 0.29) is 17.4 Å². The van der Waals surface area contributed by atoms with Crippen LogP contribution in [0.25, 0.3) is 0 Å². The zero-order chi connectivity index (χ0) is 25.9. The summed E-state index contributed by atoms with van der Waals surface area (Å²) in [5.41, 5.74) is 5.74. The molecule has 2 N–H and O–H groups in total. The lowest BCUT2D eigenvalue weighted by Gasteiger charge is -2.29. The SMILES string of the molecule is CC1=C(C(=O)Nc2ccccc2)[C@@H](c2ccccc2C)n2nc(SCC(=O)c3ccc(C)cc3)nc2N1. The van der Waals surface area contributed by atoms with Crippen molar-refractivity contribution in [2.45, 2.75) is 32.0 Å². The van der Waals surface area contributed by atoms with Crippen molar-refractivity contribution in [2.24, 2.45) is 0 Å². The van der Waals surface area contributed by atoms with Crippen LogP contribution in [0.5, 0.6) is 0 Å². The van der Waals surface area contributed by atoms with Gasteiger partial charge in [-0.3, -0.25) is 9.59 Å². The van der Waals surface area contributed by atoms with Crippen LogP contribution in [0, 0.1) is 13.8 Å². The fourth-order valence-corrected chi connectivity index (χ4v) is 5.06. The summed E-state index contributed by atoms with van der Waals surface area (Å²) in [5, 5.41) is 11.5. The third-order valence-corrected chi connectivity index (χ3v) is 7.14. The predicted molar refractivity (Wildman–Crippen MR) is 147 cm³/mol. The van der Waals surface area contributed by atoms with E-state index >= 15 is 0 Å². The highest BCUT2D eigenvalue weighted by Gasteiger charge is 2.35. The predicted octanol–water partition coefficient (Wildman–Crippen LogP) is 5.80.